The van der Waals surface area contributed by atoms with Crippen molar-refractivity contribution >= 4 is 18.1 Å². The number of rotatable bonds is 2. The summed E-state index contributed by atoms with van der Waals surface area (Å²) in [7, 11) is 0. The average molecular weight is 251 g/mol. The Morgan fingerprint density at radius 1 is 1.00 bits per heavy atom. The molecule has 2 rings (SSSR count). The molecule has 0 amide bonds. The summed E-state index contributed by atoms with van der Waals surface area (Å²) in [4.78, 5) is 12.1. The normalized spacial score (nSPS) is 21.3. The number of allylic oxidation sites excluding steroid dienone is 5. The quantitative estimate of drug-likeness (QED) is 0.628. The maximum absolute atomic E-state index is 12.1. The summed E-state index contributed by atoms with van der Waals surface area (Å²) in [6, 6.07) is 7.66. The molecule has 2 nitrogen and oxygen atoms in total. The van der Waals surface area contributed by atoms with Crippen LogP contribution in [0.15, 0.2) is 54.1 Å². The van der Waals surface area contributed by atoms with Crippen molar-refractivity contribution in [3.05, 3.63) is 65.3 Å². The number of carbonyl (C=O) groups excluding carboxylic acids is 1. The van der Waals surface area contributed by atoms with Gasteiger partial charge < -0.3 is 5.41 Å². The van der Waals surface area contributed by atoms with Crippen LogP contribution in [0.2, 0.25) is 0 Å². The fourth-order valence-corrected chi connectivity index (χ4v) is 1.98. The molecule has 0 fully saturated rings. The number of nitrogens with one attached hydrogen (secondary N) is 1. The van der Waals surface area contributed by atoms with Gasteiger partial charge in [0.05, 0.1) is 0 Å². The summed E-state index contributed by atoms with van der Waals surface area (Å²) in [6.07, 6.45) is 13.3. The van der Waals surface area contributed by atoms with Gasteiger partial charge >= 0.3 is 0 Å². The van der Waals surface area contributed by atoms with E-state index in [1.165, 1.54) is 6.21 Å². The molecule has 0 radical (unpaired) electrons. The van der Waals surface area contributed by atoms with Crippen LogP contribution in [0.4, 0.5) is 0 Å². The first kappa shape index (κ1) is 13.2. The van der Waals surface area contributed by atoms with Crippen LogP contribution < -0.4 is 0 Å². The third-order valence-electron chi connectivity index (χ3n) is 3.07. The summed E-state index contributed by atoms with van der Waals surface area (Å²) < 4.78 is 0. The fourth-order valence-electron chi connectivity index (χ4n) is 1.98. The Morgan fingerprint density at radius 3 is 2.42 bits per heavy atom. The predicted molar refractivity (Wildman–Crippen MR) is 79.4 cm³/mol. The monoisotopic (exact) mass is 251 g/mol. The van der Waals surface area contributed by atoms with Gasteiger partial charge in [-0.1, -0.05) is 48.6 Å². The Bertz CT molecular complexity index is 547. The average Bonchev–Trinajstić information content (AvgIpc) is 2.54. The minimum absolute atomic E-state index is 0.191. The minimum Gasteiger partial charge on any atom is -0.308 e. The highest BCUT2D eigenvalue weighted by atomic mass is 16.1. The van der Waals surface area contributed by atoms with Crippen molar-refractivity contribution in [2.45, 2.75) is 19.3 Å². The number of benzene rings is 1. The molecule has 1 aromatic carbocycles. The molecule has 0 bridgehead atoms. The maximum Gasteiger partial charge on any atom is 0.162 e. The van der Waals surface area contributed by atoms with E-state index in [4.69, 9.17) is 5.41 Å². The van der Waals surface area contributed by atoms with Gasteiger partial charge in [-0.15, -0.1) is 0 Å². The smallest absolute Gasteiger partial charge is 0.162 e. The number of hydrogen-bond donors (Lipinski definition) is 1. The first-order valence-corrected chi connectivity index (χ1v) is 6.45. The maximum atomic E-state index is 12.1. The van der Waals surface area contributed by atoms with E-state index in [-0.39, 0.29) is 5.78 Å². The number of carbonyl (C=O) groups is 1. The second-order valence-electron chi connectivity index (χ2n) is 4.50. The first-order chi connectivity index (χ1) is 9.29. The molecule has 0 atom stereocenters. The van der Waals surface area contributed by atoms with Crippen LogP contribution in [0, 0.1) is 5.41 Å². The van der Waals surface area contributed by atoms with Crippen molar-refractivity contribution < 1.29 is 4.79 Å². The molecule has 19 heavy (non-hydrogen) atoms. The van der Waals surface area contributed by atoms with Crippen LogP contribution in [-0.2, 0) is 4.79 Å². The van der Waals surface area contributed by atoms with E-state index >= 15 is 0 Å². The zero-order valence-electron chi connectivity index (χ0n) is 10.8. The van der Waals surface area contributed by atoms with Gasteiger partial charge in [0.15, 0.2) is 5.78 Å². The Hall–Kier alpha value is -2.22. The van der Waals surface area contributed by atoms with Crippen molar-refractivity contribution in [1.82, 2.24) is 0 Å². The van der Waals surface area contributed by atoms with Crippen molar-refractivity contribution in [3.8, 4) is 0 Å². The van der Waals surface area contributed by atoms with Crippen LogP contribution in [0.1, 0.15) is 30.4 Å². The number of hydrogen-bond acceptors (Lipinski definition) is 2. The molecule has 1 N–H and O–H groups in total. The standard InChI is InChI=1S/C17H17NO/c18-13-15-10-8-14(9-11-15)12-16-6-4-2-1-3-5-7-17(16)19/h1-3,5,8-13,18H,4,6-7H2/b2-1-,5-3-,16-12+,18-13?. The highest BCUT2D eigenvalue weighted by Crippen LogP contribution is 2.16. The summed E-state index contributed by atoms with van der Waals surface area (Å²) >= 11 is 0. The van der Waals surface area contributed by atoms with Crippen molar-refractivity contribution in [2.24, 2.45) is 0 Å². The van der Waals surface area contributed by atoms with Gasteiger partial charge in [-0.25, -0.2) is 0 Å². The second kappa shape index (κ2) is 6.64. The predicted octanol–water partition coefficient (Wildman–Crippen LogP) is 3.93. The molecule has 1 aliphatic carbocycles. The Balaban J connectivity index is 2.22. The summed E-state index contributed by atoms with van der Waals surface area (Å²) in [5.41, 5.74) is 2.76. The van der Waals surface area contributed by atoms with E-state index in [0.29, 0.717) is 6.42 Å². The molecule has 96 valence electrons. The van der Waals surface area contributed by atoms with Crippen molar-refractivity contribution in [3.63, 3.8) is 0 Å². The summed E-state index contributed by atoms with van der Waals surface area (Å²) in [5.74, 6) is 0.191. The van der Waals surface area contributed by atoms with Gasteiger partial charge in [0.2, 0.25) is 0 Å². The van der Waals surface area contributed by atoms with E-state index in [2.05, 4.69) is 6.08 Å². The number of Topliss-reactive ketones (excluding diaryl/α,β-unsaturated/α-hetero) is 1. The SMILES string of the molecule is N=Cc1ccc(/C=C2\CC/C=C\C=C/CC2=O)cc1. The fraction of sp³-hybridized carbons (Fsp3) is 0.176. The second-order valence-corrected chi connectivity index (χ2v) is 4.50. The third-order valence-corrected chi connectivity index (χ3v) is 3.07. The van der Waals surface area contributed by atoms with E-state index in [9.17, 15) is 4.79 Å². The van der Waals surface area contributed by atoms with Gasteiger partial charge in [-0.3, -0.25) is 4.79 Å². The number of ketones is 1. The van der Waals surface area contributed by atoms with E-state index < -0.39 is 0 Å². The molecule has 1 aromatic rings. The molecular formula is C17H17NO. The van der Waals surface area contributed by atoms with Gasteiger partial charge in [0.1, 0.15) is 0 Å². The first-order valence-electron chi connectivity index (χ1n) is 6.45. The van der Waals surface area contributed by atoms with Crippen LogP contribution >= 0.6 is 0 Å². The van der Waals surface area contributed by atoms with Gasteiger partial charge in [-0.2, -0.15) is 0 Å². The lowest BCUT2D eigenvalue weighted by Crippen LogP contribution is -2.00. The van der Waals surface area contributed by atoms with Crippen LogP contribution in [0.3, 0.4) is 0 Å². The molecule has 2 heteroatoms. The van der Waals surface area contributed by atoms with E-state index in [1.54, 1.807) is 0 Å². The molecular weight excluding hydrogens is 234 g/mol. The van der Waals surface area contributed by atoms with E-state index in [0.717, 1.165) is 29.5 Å². The highest BCUT2D eigenvalue weighted by Gasteiger charge is 2.08. The molecule has 1 aliphatic rings. The lowest BCUT2D eigenvalue weighted by molar-refractivity contribution is -0.114. The molecule has 0 spiro atoms. The lowest BCUT2D eigenvalue weighted by atomic mass is 10.00. The molecule has 0 heterocycles. The lowest BCUT2D eigenvalue weighted by Gasteiger charge is -2.04. The van der Waals surface area contributed by atoms with Crippen LogP contribution in [0.5, 0.6) is 0 Å². The zero-order chi connectivity index (χ0) is 13.5. The van der Waals surface area contributed by atoms with Gasteiger partial charge in [0.25, 0.3) is 0 Å². The van der Waals surface area contributed by atoms with Gasteiger partial charge in [0, 0.05) is 12.6 Å². The molecule has 0 aromatic heterocycles. The molecule has 0 unspecified atom stereocenters. The van der Waals surface area contributed by atoms with Crippen LogP contribution in [-0.4, -0.2) is 12.0 Å². The summed E-state index contributed by atoms with van der Waals surface area (Å²) in [5, 5.41) is 7.17. The molecule has 0 saturated carbocycles. The largest absolute Gasteiger partial charge is 0.308 e. The molecule has 0 saturated heterocycles. The highest BCUT2D eigenvalue weighted by molar-refractivity contribution is 6.00. The molecule has 0 aliphatic heterocycles. The van der Waals surface area contributed by atoms with Crippen molar-refractivity contribution in [1.29, 1.82) is 5.41 Å². The third kappa shape index (κ3) is 3.88. The van der Waals surface area contributed by atoms with E-state index in [1.807, 2.05) is 48.6 Å². The zero-order valence-corrected chi connectivity index (χ0v) is 10.8. The van der Waals surface area contributed by atoms with Crippen LogP contribution in [0.25, 0.3) is 6.08 Å². The topological polar surface area (TPSA) is 40.9 Å². The Labute approximate surface area is 113 Å². The Kier molecular flexibility index (Phi) is 4.62. The minimum atomic E-state index is 0.191. The Morgan fingerprint density at radius 2 is 1.68 bits per heavy atom. The summed E-state index contributed by atoms with van der Waals surface area (Å²) in [6.45, 7) is 0. The van der Waals surface area contributed by atoms with Gasteiger partial charge in [-0.05, 0) is 35.6 Å². The van der Waals surface area contributed by atoms with Crippen molar-refractivity contribution in [2.75, 3.05) is 0 Å².